The lowest BCUT2D eigenvalue weighted by atomic mass is 10.1. The molecule has 0 fully saturated rings. The summed E-state index contributed by atoms with van der Waals surface area (Å²) in [5, 5.41) is 6.42. The van der Waals surface area contributed by atoms with Gasteiger partial charge in [0.15, 0.2) is 0 Å². The van der Waals surface area contributed by atoms with E-state index < -0.39 is 21.8 Å². The van der Waals surface area contributed by atoms with E-state index in [1.165, 1.54) is 19.2 Å². The fraction of sp³-hybridized carbons (Fsp3) is 0.357. The van der Waals surface area contributed by atoms with Crippen molar-refractivity contribution < 1.29 is 21.6 Å². The second-order valence-corrected chi connectivity index (χ2v) is 7.20. The minimum Gasteiger partial charge on any atom is -0.281 e. The molecule has 0 saturated carbocycles. The molecule has 0 unspecified atom stereocenters. The van der Waals surface area contributed by atoms with Gasteiger partial charge in [0, 0.05) is 13.6 Å². The van der Waals surface area contributed by atoms with Crippen molar-refractivity contribution in [2.24, 2.45) is 0 Å². The Labute approximate surface area is 132 Å². The van der Waals surface area contributed by atoms with E-state index in [1.54, 1.807) is 13.8 Å². The van der Waals surface area contributed by atoms with Crippen LogP contribution in [0.3, 0.4) is 0 Å². The van der Waals surface area contributed by atoms with Crippen molar-refractivity contribution >= 4 is 10.0 Å². The first kappa shape index (κ1) is 17.5. The van der Waals surface area contributed by atoms with Crippen LogP contribution in [0.2, 0.25) is 0 Å². The molecule has 5 nitrogen and oxygen atoms in total. The van der Waals surface area contributed by atoms with Crippen molar-refractivity contribution in [2.45, 2.75) is 31.5 Å². The van der Waals surface area contributed by atoms with Gasteiger partial charge in [-0.15, -0.1) is 0 Å². The van der Waals surface area contributed by atoms with E-state index in [0.717, 1.165) is 16.4 Å². The Kier molecular flexibility index (Phi) is 4.54. The van der Waals surface area contributed by atoms with E-state index in [2.05, 4.69) is 10.2 Å². The van der Waals surface area contributed by atoms with Crippen LogP contribution in [0.1, 0.15) is 22.5 Å². The number of nitrogens with zero attached hydrogens (tertiary/aromatic N) is 2. The molecule has 0 aliphatic heterocycles. The monoisotopic (exact) mass is 347 g/mol. The molecule has 0 bridgehead atoms. The second kappa shape index (κ2) is 5.97. The lowest BCUT2D eigenvalue weighted by molar-refractivity contribution is -0.137. The highest BCUT2D eigenvalue weighted by Gasteiger charge is 2.31. The van der Waals surface area contributed by atoms with Crippen LogP contribution >= 0.6 is 0 Å². The van der Waals surface area contributed by atoms with Gasteiger partial charge in [-0.2, -0.15) is 22.6 Å². The Bertz CT molecular complexity index is 793. The van der Waals surface area contributed by atoms with Gasteiger partial charge in [-0.3, -0.25) is 5.10 Å². The smallest absolute Gasteiger partial charge is 0.281 e. The molecule has 126 valence electrons. The lowest BCUT2D eigenvalue weighted by Crippen LogP contribution is -2.27. The molecular formula is C14H16F3N3O2S. The fourth-order valence-electron chi connectivity index (χ4n) is 2.26. The van der Waals surface area contributed by atoms with Gasteiger partial charge in [0.2, 0.25) is 10.0 Å². The molecule has 0 aliphatic carbocycles. The molecular weight excluding hydrogens is 331 g/mol. The summed E-state index contributed by atoms with van der Waals surface area (Å²) in [6, 6.07) is 4.60. The minimum absolute atomic E-state index is 0.0481. The van der Waals surface area contributed by atoms with Crippen LogP contribution in [0.25, 0.3) is 0 Å². The summed E-state index contributed by atoms with van der Waals surface area (Å²) >= 11 is 0. The van der Waals surface area contributed by atoms with Crippen LogP contribution in [-0.4, -0.2) is 30.0 Å². The van der Waals surface area contributed by atoms with Crippen molar-refractivity contribution in [3.05, 3.63) is 46.8 Å². The molecule has 0 atom stereocenters. The summed E-state index contributed by atoms with van der Waals surface area (Å²) in [5.41, 5.74) is 0.151. The van der Waals surface area contributed by atoms with Crippen molar-refractivity contribution in [1.29, 1.82) is 0 Å². The molecule has 1 N–H and O–H groups in total. The number of H-pyrrole nitrogens is 1. The Morgan fingerprint density at radius 1 is 1.26 bits per heavy atom. The first-order valence-corrected chi connectivity index (χ1v) is 8.11. The van der Waals surface area contributed by atoms with Gasteiger partial charge in [0.05, 0.1) is 17.0 Å². The van der Waals surface area contributed by atoms with Crippen LogP contribution in [0.15, 0.2) is 29.2 Å². The number of hydrogen-bond acceptors (Lipinski definition) is 3. The highest BCUT2D eigenvalue weighted by Crippen LogP contribution is 2.30. The predicted molar refractivity (Wildman–Crippen MR) is 78.2 cm³/mol. The summed E-state index contributed by atoms with van der Waals surface area (Å²) in [4.78, 5) is 0.0481. The van der Waals surface area contributed by atoms with Gasteiger partial charge in [-0.05, 0) is 25.5 Å². The molecule has 0 radical (unpaired) electrons. The molecule has 2 aromatic rings. The van der Waals surface area contributed by atoms with Gasteiger partial charge in [0.1, 0.15) is 4.90 Å². The third-order valence-corrected chi connectivity index (χ3v) is 5.46. The molecule has 9 heteroatoms. The van der Waals surface area contributed by atoms with Crippen molar-refractivity contribution in [1.82, 2.24) is 14.5 Å². The lowest BCUT2D eigenvalue weighted by Gasteiger charge is -2.18. The summed E-state index contributed by atoms with van der Waals surface area (Å²) in [7, 11) is -2.52. The van der Waals surface area contributed by atoms with E-state index in [9.17, 15) is 21.6 Å². The van der Waals surface area contributed by atoms with E-state index in [0.29, 0.717) is 11.4 Å². The third kappa shape index (κ3) is 3.56. The minimum atomic E-state index is -4.47. The maximum absolute atomic E-state index is 12.7. The van der Waals surface area contributed by atoms with E-state index >= 15 is 0 Å². The Balaban J connectivity index is 2.31. The number of aromatic nitrogens is 2. The number of sulfonamides is 1. The molecule has 0 amide bonds. The molecule has 1 aromatic carbocycles. The highest BCUT2D eigenvalue weighted by molar-refractivity contribution is 7.89. The number of nitrogens with one attached hydrogen (secondary N) is 1. The van der Waals surface area contributed by atoms with Crippen LogP contribution < -0.4 is 0 Å². The first-order chi connectivity index (χ1) is 10.5. The van der Waals surface area contributed by atoms with Gasteiger partial charge in [-0.25, -0.2) is 8.42 Å². The highest BCUT2D eigenvalue weighted by atomic mass is 32.2. The average molecular weight is 347 g/mol. The fourth-order valence-corrected chi connectivity index (χ4v) is 3.75. The van der Waals surface area contributed by atoms with E-state index in [-0.39, 0.29) is 17.0 Å². The average Bonchev–Trinajstić information content (AvgIpc) is 2.78. The zero-order valence-corrected chi connectivity index (χ0v) is 13.6. The molecule has 0 saturated heterocycles. The zero-order valence-electron chi connectivity index (χ0n) is 12.8. The maximum Gasteiger partial charge on any atom is 0.416 e. The molecule has 1 aromatic heterocycles. The number of aromatic amines is 1. The van der Waals surface area contributed by atoms with Gasteiger partial charge in [-0.1, -0.05) is 18.2 Å². The van der Waals surface area contributed by atoms with Crippen LogP contribution in [-0.2, 0) is 22.7 Å². The summed E-state index contributed by atoms with van der Waals surface area (Å²) in [5.74, 6) is 0. The normalized spacial score (nSPS) is 12.8. The van der Waals surface area contributed by atoms with Gasteiger partial charge >= 0.3 is 6.18 Å². The summed E-state index contributed by atoms with van der Waals surface area (Å²) in [6.07, 6.45) is -4.47. The third-order valence-electron chi connectivity index (χ3n) is 3.39. The summed E-state index contributed by atoms with van der Waals surface area (Å²) < 4.78 is 64.3. The van der Waals surface area contributed by atoms with Crippen LogP contribution in [0.5, 0.6) is 0 Å². The zero-order chi connectivity index (χ0) is 17.4. The van der Waals surface area contributed by atoms with E-state index in [1.807, 2.05) is 0 Å². The molecule has 1 heterocycles. The Hall–Kier alpha value is -1.87. The molecule has 0 aliphatic rings. The Morgan fingerprint density at radius 2 is 1.91 bits per heavy atom. The number of hydrogen-bond donors (Lipinski definition) is 1. The second-order valence-electron chi connectivity index (χ2n) is 5.22. The maximum atomic E-state index is 12.7. The number of alkyl halides is 3. The SMILES string of the molecule is Cc1n[nH]c(C)c1S(=O)(=O)N(C)Cc1cccc(C(F)(F)F)c1. The van der Waals surface area contributed by atoms with Crippen molar-refractivity contribution in [3.63, 3.8) is 0 Å². The quantitative estimate of drug-likeness (QED) is 0.925. The first-order valence-electron chi connectivity index (χ1n) is 6.67. The molecule has 23 heavy (non-hydrogen) atoms. The molecule has 2 rings (SSSR count). The van der Waals surface area contributed by atoms with Crippen LogP contribution in [0, 0.1) is 13.8 Å². The van der Waals surface area contributed by atoms with Crippen molar-refractivity contribution in [2.75, 3.05) is 7.05 Å². The van der Waals surface area contributed by atoms with Crippen molar-refractivity contribution in [3.8, 4) is 0 Å². The number of halogens is 3. The summed E-state index contributed by atoms with van der Waals surface area (Å²) in [6.45, 7) is 2.95. The van der Waals surface area contributed by atoms with E-state index in [4.69, 9.17) is 0 Å². The topological polar surface area (TPSA) is 66.1 Å². The Morgan fingerprint density at radius 3 is 2.43 bits per heavy atom. The van der Waals surface area contributed by atoms with Gasteiger partial charge in [0.25, 0.3) is 0 Å². The largest absolute Gasteiger partial charge is 0.416 e. The standard InChI is InChI=1S/C14H16F3N3O2S/c1-9-13(10(2)19-18-9)23(21,22)20(3)8-11-5-4-6-12(7-11)14(15,16)17/h4-7H,8H2,1-3H3,(H,18,19). The number of rotatable bonds is 4. The predicted octanol–water partition coefficient (Wildman–Crippen LogP) is 2.87. The molecule has 0 spiro atoms. The van der Waals surface area contributed by atoms with Crippen LogP contribution in [0.4, 0.5) is 13.2 Å². The number of aryl methyl sites for hydroxylation is 2. The number of benzene rings is 1. The van der Waals surface area contributed by atoms with Gasteiger partial charge < -0.3 is 0 Å².